The summed E-state index contributed by atoms with van der Waals surface area (Å²) < 4.78 is 0. The lowest BCUT2D eigenvalue weighted by Crippen LogP contribution is -2.47. The molecule has 3 aromatic carbocycles. The molecular weight excluding hydrogens is 344 g/mol. The molecule has 130 valence electrons. The van der Waals surface area contributed by atoms with Crippen LogP contribution in [0.2, 0.25) is 5.02 Å². The Morgan fingerprint density at radius 2 is 1.73 bits per heavy atom. The van der Waals surface area contributed by atoms with Crippen LogP contribution in [0.1, 0.15) is 22.3 Å². The fourth-order valence-electron chi connectivity index (χ4n) is 3.31. The van der Waals surface area contributed by atoms with Gasteiger partial charge in [-0.2, -0.15) is 0 Å². The van der Waals surface area contributed by atoms with Gasteiger partial charge in [0, 0.05) is 22.7 Å². The zero-order chi connectivity index (χ0) is 18.1. The minimum Gasteiger partial charge on any atom is -0.363 e. The second kappa shape index (κ2) is 6.60. The summed E-state index contributed by atoms with van der Waals surface area (Å²) in [6, 6.07) is 23.3. The molecular formula is C22H19ClN2O. The SMILES string of the molecule is Cc1ccc(CN2C=Nc3ccc(Cl)cc3C2(O)c2ccccc2)cc1. The summed E-state index contributed by atoms with van der Waals surface area (Å²) in [7, 11) is 0. The molecule has 1 N–H and O–H groups in total. The van der Waals surface area contributed by atoms with E-state index in [1.807, 2.05) is 41.3 Å². The minimum atomic E-state index is -1.34. The van der Waals surface area contributed by atoms with Crippen molar-refractivity contribution in [1.29, 1.82) is 0 Å². The summed E-state index contributed by atoms with van der Waals surface area (Å²) in [5, 5.41) is 12.4. The van der Waals surface area contributed by atoms with E-state index in [9.17, 15) is 5.11 Å². The fraction of sp³-hybridized carbons (Fsp3) is 0.136. The van der Waals surface area contributed by atoms with Crippen molar-refractivity contribution in [1.82, 2.24) is 4.90 Å². The van der Waals surface area contributed by atoms with Crippen LogP contribution >= 0.6 is 11.6 Å². The van der Waals surface area contributed by atoms with Crippen LogP contribution in [-0.2, 0) is 12.3 Å². The minimum absolute atomic E-state index is 0.529. The van der Waals surface area contributed by atoms with Crippen molar-refractivity contribution in [2.45, 2.75) is 19.2 Å². The van der Waals surface area contributed by atoms with Gasteiger partial charge in [-0.25, -0.2) is 4.99 Å². The van der Waals surface area contributed by atoms with Gasteiger partial charge in [0.2, 0.25) is 0 Å². The highest BCUT2D eigenvalue weighted by atomic mass is 35.5. The topological polar surface area (TPSA) is 35.8 Å². The van der Waals surface area contributed by atoms with E-state index >= 15 is 0 Å². The van der Waals surface area contributed by atoms with Crippen molar-refractivity contribution in [3.8, 4) is 0 Å². The van der Waals surface area contributed by atoms with Gasteiger partial charge < -0.3 is 10.0 Å². The van der Waals surface area contributed by atoms with E-state index in [0.717, 1.165) is 16.8 Å². The molecule has 1 aliphatic heterocycles. The Hall–Kier alpha value is -2.62. The Morgan fingerprint density at radius 1 is 1.00 bits per heavy atom. The average Bonchev–Trinajstić information content (AvgIpc) is 2.67. The number of hydrogen-bond donors (Lipinski definition) is 1. The first-order chi connectivity index (χ1) is 12.6. The van der Waals surface area contributed by atoms with Crippen molar-refractivity contribution < 1.29 is 5.11 Å². The molecule has 1 atom stereocenters. The van der Waals surface area contributed by atoms with Gasteiger partial charge in [0.25, 0.3) is 0 Å². The van der Waals surface area contributed by atoms with Crippen LogP contribution in [-0.4, -0.2) is 16.3 Å². The summed E-state index contributed by atoms with van der Waals surface area (Å²) in [6.07, 6.45) is 1.71. The number of halogens is 1. The Bertz CT molecular complexity index is 954. The number of nitrogens with zero attached hydrogens (tertiary/aromatic N) is 2. The number of fused-ring (bicyclic) bond motifs is 1. The molecule has 1 unspecified atom stereocenters. The number of aliphatic imine (C=N–C) groups is 1. The van der Waals surface area contributed by atoms with Crippen LogP contribution < -0.4 is 0 Å². The van der Waals surface area contributed by atoms with E-state index in [1.165, 1.54) is 5.56 Å². The third kappa shape index (κ3) is 2.90. The molecule has 1 heterocycles. The summed E-state index contributed by atoms with van der Waals surface area (Å²) in [5.41, 5.74) is 3.15. The first-order valence-electron chi connectivity index (χ1n) is 8.52. The van der Waals surface area contributed by atoms with Gasteiger partial charge >= 0.3 is 0 Å². The number of aryl methyl sites for hydroxylation is 1. The second-order valence-corrected chi connectivity index (χ2v) is 6.99. The Morgan fingerprint density at radius 3 is 2.46 bits per heavy atom. The van der Waals surface area contributed by atoms with Crippen molar-refractivity contribution in [3.05, 3.63) is 100 Å². The Balaban J connectivity index is 1.84. The molecule has 4 heteroatoms. The maximum Gasteiger partial charge on any atom is 0.194 e. The monoisotopic (exact) mass is 362 g/mol. The van der Waals surface area contributed by atoms with E-state index in [1.54, 1.807) is 18.5 Å². The van der Waals surface area contributed by atoms with Crippen LogP contribution in [0.5, 0.6) is 0 Å². The van der Waals surface area contributed by atoms with Crippen LogP contribution in [0.25, 0.3) is 0 Å². The molecule has 0 aromatic heterocycles. The number of benzene rings is 3. The van der Waals surface area contributed by atoms with Gasteiger partial charge in [0.05, 0.1) is 12.0 Å². The van der Waals surface area contributed by atoms with E-state index < -0.39 is 5.72 Å². The van der Waals surface area contributed by atoms with Gasteiger partial charge in [-0.3, -0.25) is 0 Å². The summed E-state index contributed by atoms with van der Waals surface area (Å²) in [6.45, 7) is 2.59. The second-order valence-electron chi connectivity index (χ2n) is 6.56. The molecule has 0 saturated heterocycles. The van der Waals surface area contributed by atoms with Gasteiger partial charge in [-0.1, -0.05) is 71.8 Å². The highest BCUT2D eigenvalue weighted by Gasteiger charge is 2.41. The van der Waals surface area contributed by atoms with Crippen molar-refractivity contribution in [3.63, 3.8) is 0 Å². The lowest BCUT2D eigenvalue weighted by molar-refractivity contribution is -0.0409. The first-order valence-corrected chi connectivity index (χ1v) is 8.89. The number of rotatable bonds is 3. The normalized spacial score (nSPS) is 18.7. The van der Waals surface area contributed by atoms with Gasteiger partial charge in [0.15, 0.2) is 5.72 Å². The molecule has 0 spiro atoms. The van der Waals surface area contributed by atoms with Crippen LogP contribution in [0, 0.1) is 6.92 Å². The quantitative estimate of drug-likeness (QED) is 0.710. The summed E-state index contributed by atoms with van der Waals surface area (Å²) in [5.74, 6) is 0. The van der Waals surface area contributed by atoms with E-state index in [-0.39, 0.29) is 0 Å². The van der Waals surface area contributed by atoms with Gasteiger partial charge in [-0.05, 0) is 30.7 Å². The molecule has 26 heavy (non-hydrogen) atoms. The number of hydrogen-bond acceptors (Lipinski definition) is 3. The van der Waals surface area contributed by atoms with Crippen LogP contribution in [0.15, 0.2) is 77.8 Å². The van der Waals surface area contributed by atoms with Crippen molar-refractivity contribution in [2.24, 2.45) is 4.99 Å². The zero-order valence-corrected chi connectivity index (χ0v) is 15.2. The molecule has 0 fully saturated rings. The largest absolute Gasteiger partial charge is 0.363 e. The molecule has 3 nitrogen and oxygen atoms in total. The molecule has 0 radical (unpaired) electrons. The first kappa shape index (κ1) is 16.8. The Labute approximate surface area is 158 Å². The zero-order valence-electron chi connectivity index (χ0n) is 14.4. The standard InChI is InChI=1S/C22H19ClN2O/c1-16-7-9-17(10-8-16)14-25-15-24-21-12-11-19(23)13-20(21)22(25,26)18-5-3-2-4-6-18/h2-13,15,26H,14H2,1H3. The molecule has 0 bridgehead atoms. The Kier molecular flexibility index (Phi) is 4.27. The molecule has 0 aliphatic carbocycles. The molecule has 0 amide bonds. The lowest BCUT2D eigenvalue weighted by Gasteiger charge is -2.42. The smallest absolute Gasteiger partial charge is 0.194 e. The highest BCUT2D eigenvalue weighted by Crippen LogP contribution is 2.42. The molecule has 0 saturated carbocycles. The maximum absolute atomic E-state index is 11.9. The third-order valence-electron chi connectivity index (χ3n) is 4.74. The summed E-state index contributed by atoms with van der Waals surface area (Å²) >= 11 is 6.24. The lowest BCUT2D eigenvalue weighted by atomic mass is 9.90. The molecule has 1 aliphatic rings. The predicted molar refractivity (Wildman–Crippen MR) is 106 cm³/mol. The third-order valence-corrected chi connectivity index (χ3v) is 4.97. The molecule has 4 rings (SSSR count). The van der Waals surface area contributed by atoms with Gasteiger partial charge in [-0.15, -0.1) is 0 Å². The van der Waals surface area contributed by atoms with Gasteiger partial charge in [0.1, 0.15) is 0 Å². The van der Waals surface area contributed by atoms with Crippen molar-refractivity contribution >= 4 is 23.6 Å². The van der Waals surface area contributed by atoms with E-state index in [0.29, 0.717) is 17.1 Å². The van der Waals surface area contributed by atoms with E-state index in [4.69, 9.17) is 11.6 Å². The number of aliphatic hydroxyl groups is 1. The van der Waals surface area contributed by atoms with Crippen molar-refractivity contribution in [2.75, 3.05) is 0 Å². The average molecular weight is 363 g/mol. The summed E-state index contributed by atoms with van der Waals surface area (Å²) in [4.78, 5) is 6.39. The highest BCUT2D eigenvalue weighted by molar-refractivity contribution is 6.30. The fourth-order valence-corrected chi connectivity index (χ4v) is 3.48. The predicted octanol–water partition coefficient (Wildman–Crippen LogP) is 5.02. The van der Waals surface area contributed by atoms with Crippen LogP contribution in [0.4, 0.5) is 5.69 Å². The van der Waals surface area contributed by atoms with Crippen LogP contribution in [0.3, 0.4) is 0 Å². The molecule has 3 aromatic rings. The maximum atomic E-state index is 11.9. The van der Waals surface area contributed by atoms with E-state index in [2.05, 4.69) is 36.2 Å².